The van der Waals surface area contributed by atoms with Crippen LogP contribution in [0.1, 0.15) is 27.0 Å². The largest absolute Gasteiger partial charge is 0.311 e. The van der Waals surface area contributed by atoms with Crippen LogP contribution in [0.15, 0.2) is 72.6 Å². The van der Waals surface area contributed by atoms with Crippen LogP contribution in [-0.4, -0.2) is 23.7 Å². The Bertz CT molecular complexity index is 1220. The highest BCUT2D eigenvalue weighted by molar-refractivity contribution is 6.36. The predicted octanol–water partition coefficient (Wildman–Crippen LogP) is 4.57. The van der Waals surface area contributed by atoms with E-state index < -0.39 is 0 Å². The average Bonchev–Trinajstić information content (AvgIpc) is 2.77. The molecule has 0 atom stereocenters. The Labute approximate surface area is 179 Å². The normalized spacial score (nSPS) is 14.3. The van der Waals surface area contributed by atoms with E-state index in [-0.39, 0.29) is 17.3 Å². The minimum atomic E-state index is -0.334. The Kier molecular flexibility index (Phi) is 5.47. The Balaban J connectivity index is 1.66. The number of ketones is 1. The van der Waals surface area contributed by atoms with E-state index in [1.165, 1.54) is 4.90 Å². The molecule has 4 nitrogen and oxygen atoms in total. The summed E-state index contributed by atoms with van der Waals surface area (Å²) in [6.45, 7) is 0. The summed E-state index contributed by atoms with van der Waals surface area (Å²) in [5, 5.41) is 0.593. The third-order valence-electron chi connectivity index (χ3n) is 4.84. The number of likely N-dealkylation sites (N-methyl/N-ethyl adjacent to an activating group) is 1. The summed E-state index contributed by atoms with van der Waals surface area (Å²) in [6, 6.07) is 16.2. The summed E-state index contributed by atoms with van der Waals surface area (Å²) >= 11 is 5.92. The molecule has 0 saturated carbocycles. The Hall–Kier alpha value is -3.68. The number of halogens is 1. The molecule has 1 amide bonds. The number of hydrogen-bond acceptors (Lipinski definition) is 3. The van der Waals surface area contributed by atoms with Crippen LogP contribution in [0, 0.1) is 11.8 Å². The van der Waals surface area contributed by atoms with E-state index >= 15 is 0 Å². The molecule has 0 fully saturated rings. The van der Waals surface area contributed by atoms with Crippen molar-refractivity contribution in [1.29, 1.82) is 0 Å². The third kappa shape index (κ3) is 4.03. The molecule has 2 aromatic carbocycles. The van der Waals surface area contributed by atoms with E-state index in [9.17, 15) is 9.59 Å². The van der Waals surface area contributed by atoms with Gasteiger partial charge in [-0.05, 0) is 59.7 Å². The number of fused-ring (bicyclic) bond motifs is 1. The number of aromatic nitrogens is 1. The molecule has 0 bridgehead atoms. The second kappa shape index (κ2) is 8.36. The summed E-state index contributed by atoms with van der Waals surface area (Å²) < 4.78 is 0. The quantitative estimate of drug-likeness (QED) is 0.352. The number of Topliss-reactive ketones (excluding diaryl/α,β-unsaturated/α-hetero) is 1. The van der Waals surface area contributed by atoms with Gasteiger partial charge in [0.1, 0.15) is 0 Å². The van der Waals surface area contributed by atoms with Crippen molar-refractivity contribution >= 4 is 35.1 Å². The first-order chi connectivity index (χ1) is 14.5. The van der Waals surface area contributed by atoms with Crippen molar-refractivity contribution in [3.63, 3.8) is 0 Å². The molecule has 30 heavy (non-hydrogen) atoms. The average molecular weight is 413 g/mol. The van der Waals surface area contributed by atoms with Gasteiger partial charge in [-0.15, -0.1) is 0 Å². The zero-order chi connectivity index (χ0) is 21.1. The highest BCUT2D eigenvalue weighted by atomic mass is 35.5. The molecule has 5 heteroatoms. The molecular formula is C25H17ClN2O2. The van der Waals surface area contributed by atoms with E-state index in [2.05, 4.69) is 16.8 Å². The lowest BCUT2D eigenvalue weighted by molar-refractivity contribution is -0.114. The maximum absolute atomic E-state index is 13.1. The fourth-order valence-corrected chi connectivity index (χ4v) is 3.35. The molecular weight excluding hydrogens is 396 g/mol. The lowest BCUT2D eigenvalue weighted by Gasteiger charge is -2.26. The van der Waals surface area contributed by atoms with E-state index in [0.29, 0.717) is 22.7 Å². The first-order valence-electron chi connectivity index (χ1n) is 9.35. The van der Waals surface area contributed by atoms with Crippen LogP contribution in [0.5, 0.6) is 0 Å². The van der Waals surface area contributed by atoms with Crippen molar-refractivity contribution in [2.45, 2.75) is 6.42 Å². The van der Waals surface area contributed by atoms with Crippen LogP contribution in [-0.2, 0) is 11.2 Å². The van der Waals surface area contributed by atoms with E-state index in [0.717, 1.165) is 16.7 Å². The number of rotatable bonds is 2. The van der Waals surface area contributed by atoms with Crippen LogP contribution in [0.25, 0.3) is 6.08 Å². The second-order valence-corrected chi connectivity index (χ2v) is 7.31. The number of carbonyl (C=O) groups excluding carboxylic acids is 2. The monoisotopic (exact) mass is 412 g/mol. The second-order valence-electron chi connectivity index (χ2n) is 6.87. The number of anilines is 1. The van der Waals surface area contributed by atoms with Crippen molar-refractivity contribution in [3.8, 4) is 11.8 Å². The molecule has 0 saturated heterocycles. The predicted molar refractivity (Wildman–Crippen MR) is 118 cm³/mol. The first kappa shape index (κ1) is 19.6. The van der Waals surface area contributed by atoms with Gasteiger partial charge < -0.3 is 4.90 Å². The van der Waals surface area contributed by atoms with Crippen molar-refractivity contribution in [2.24, 2.45) is 0 Å². The molecule has 0 N–H and O–H groups in total. The van der Waals surface area contributed by atoms with Gasteiger partial charge in [0.15, 0.2) is 0 Å². The van der Waals surface area contributed by atoms with E-state index in [4.69, 9.17) is 11.6 Å². The molecule has 0 radical (unpaired) electrons. The molecule has 0 spiro atoms. The molecule has 1 aliphatic rings. The Morgan fingerprint density at radius 1 is 1.03 bits per heavy atom. The van der Waals surface area contributed by atoms with E-state index in [1.54, 1.807) is 61.9 Å². The van der Waals surface area contributed by atoms with Gasteiger partial charge in [0.2, 0.25) is 5.78 Å². The van der Waals surface area contributed by atoms with Crippen molar-refractivity contribution in [2.75, 3.05) is 11.9 Å². The Morgan fingerprint density at radius 3 is 2.50 bits per heavy atom. The van der Waals surface area contributed by atoms with Gasteiger partial charge in [0, 0.05) is 42.0 Å². The molecule has 1 aromatic heterocycles. The van der Waals surface area contributed by atoms with Gasteiger partial charge in [-0.1, -0.05) is 35.6 Å². The number of benzene rings is 2. The SMILES string of the molecule is CN1C(=O)C(=Cc2ccc(Cl)cc2)C(=O)c2cc(C#CCc3ccncc3)ccc21. The maximum atomic E-state index is 13.1. The van der Waals surface area contributed by atoms with Gasteiger partial charge in [-0.2, -0.15) is 0 Å². The lowest BCUT2D eigenvalue weighted by atomic mass is 9.92. The number of carbonyl (C=O) groups is 2. The van der Waals surface area contributed by atoms with Crippen molar-refractivity contribution < 1.29 is 9.59 Å². The molecule has 4 rings (SSSR count). The lowest BCUT2D eigenvalue weighted by Crippen LogP contribution is -2.36. The standard InChI is InChI=1S/C25H17ClN2O2/c1-28-23-10-7-18(4-2-3-17-11-13-27-14-12-17)15-21(23)24(29)22(25(28)30)16-19-5-8-20(26)9-6-19/h5-16H,3H2,1H3. The van der Waals surface area contributed by atoms with Crippen molar-refractivity contribution in [3.05, 3.63) is 99.8 Å². The first-order valence-corrected chi connectivity index (χ1v) is 9.72. The molecule has 0 aliphatic carbocycles. The van der Waals surface area contributed by atoms with E-state index in [1.807, 2.05) is 18.2 Å². The van der Waals surface area contributed by atoms with Crippen LogP contribution in [0.4, 0.5) is 5.69 Å². The topological polar surface area (TPSA) is 50.3 Å². The van der Waals surface area contributed by atoms with Crippen molar-refractivity contribution in [1.82, 2.24) is 4.98 Å². The van der Waals surface area contributed by atoms with Gasteiger partial charge in [0.05, 0.1) is 11.3 Å². The number of amides is 1. The molecule has 3 aromatic rings. The fourth-order valence-electron chi connectivity index (χ4n) is 3.22. The van der Waals surface area contributed by atoms with Gasteiger partial charge >= 0.3 is 0 Å². The van der Waals surface area contributed by atoms with Crippen LogP contribution >= 0.6 is 11.6 Å². The number of nitrogens with zero attached hydrogens (tertiary/aromatic N) is 2. The van der Waals surface area contributed by atoms with Gasteiger partial charge in [0.25, 0.3) is 5.91 Å². The number of hydrogen-bond donors (Lipinski definition) is 0. The molecule has 0 unspecified atom stereocenters. The molecule has 1 aliphatic heterocycles. The summed E-state index contributed by atoms with van der Waals surface area (Å²) in [6.07, 6.45) is 5.65. The Morgan fingerprint density at radius 2 is 1.77 bits per heavy atom. The minimum absolute atomic E-state index is 0.120. The third-order valence-corrected chi connectivity index (χ3v) is 5.09. The molecule has 146 valence electrons. The fraction of sp³-hybridized carbons (Fsp3) is 0.0800. The van der Waals surface area contributed by atoms with Gasteiger partial charge in [-0.25, -0.2) is 0 Å². The summed E-state index contributed by atoms with van der Waals surface area (Å²) in [5.74, 6) is 5.58. The summed E-state index contributed by atoms with van der Waals surface area (Å²) in [4.78, 5) is 31.3. The van der Waals surface area contributed by atoms with Crippen LogP contribution in [0.2, 0.25) is 5.02 Å². The zero-order valence-corrected chi connectivity index (χ0v) is 17.0. The van der Waals surface area contributed by atoms with Gasteiger partial charge in [-0.3, -0.25) is 14.6 Å². The minimum Gasteiger partial charge on any atom is -0.311 e. The summed E-state index contributed by atoms with van der Waals surface area (Å²) in [5.41, 5.74) is 3.70. The summed E-state index contributed by atoms with van der Waals surface area (Å²) in [7, 11) is 1.66. The highest BCUT2D eigenvalue weighted by Gasteiger charge is 2.32. The number of pyridine rings is 1. The smallest absolute Gasteiger partial charge is 0.262 e. The van der Waals surface area contributed by atoms with Crippen LogP contribution < -0.4 is 4.90 Å². The highest BCUT2D eigenvalue weighted by Crippen LogP contribution is 2.31. The zero-order valence-electron chi connectivity index (χ0n) is 16.2. The maximum Gasteiger partial charge on any atom is 0.262 e. The molecule has 2 heterocycles. The van der Waals surface area contributed by atoms with Crippen LogP contribution in [0.3, 0.4) is 0 Å².